The highest BCUT2D eigenvalue weighted by atomic mass is 16.5. The molecule has 1 N–H and O–H groups in total. The second kappa shape index (κ2) is 10.2. The molecule has 8 nitrogen and oxygen atoms in total. The van der Waals surface area contributed by atoms with Crippen LogP contribution in [0.1, 0.15) is 43.4 Å². The zero-order valence-electron chi connectivity index (χ0n) is 23.1. The van der Waals surface area contributed by atoms with E-state index in [1.54, 1.807) is 33.5 Å². The van der Waals surface area contributed by atoms with Gasteiger partial charge in [0.15, 0.2) is 0 Å². The minimum Gasteiger partial charge on any atom is -0.508 e. The summed E-state index contributed by atoms with van der Waals surface area (Å²) in [6.07, 6.45) is 3.97. The molecule has 3 heterocycles. The summed E-state index contributed by atoms with van der Waals surface area (Å²) in [6.45, 7) is 8.38. The zero-order chi connectivity index (χ0) is 27.1. The molecule has 0 saturated carbocycles. The molecule has 2 aromatic rings. The molecule has 2 amide bonds. The highest BCUT2D eigenvalue weighted by Gasteiger charge is 2.55. The summed E-state index contributed by atoms with van der Waals surface area (Å²) >= 11 is 0. The van der Waals surface area contributed by atoms with Gasteiger partial charge >= 0.3 is 6.03 Å². The molecule has 0 unspecified atom stereocenters. The van der Waals surface area contributed by atoms with Gasteiger partial charge in [-0.05, 0) is 53.8 Å². The van der Waals surface area contributed by atoms with Crippen molar-refractivity contribution in [3.63, 3.8) is 0 Å². The van der Waals surface area contributed by atoms with Crippen molar-refractivity contribution >= 4 is 6.03 Å². The first-order valence-corrected chi connectivity index (χ1v) is 13.3. The molecule has 0 atom stereocenters. The number of carbonyl (C=O) groups is 1. The summed E-state index contributed by atoms with van der Waals surface area (Å²) in [5.41, 5.74) is 3.69. The minimum absolute atomic E-state index is 0.0197. The number of rotatable bonds is 7. The predicted molar refractivity (Wildman–Crippen MR) is 146 cm³/mol. The van der Waals surface area contributed by atoms with Crippen LogP contribution >= 0.6 is 0 Å². The first kappa shape index (κ1) is 26.4. The van der Waals surface area contributed by atoms with Crippen LogP contribution in [0.4, 0.5) is 4.79 Å². The Morgan fingerprint density at radius 2 is 1.66 bits per heavy atom. The van der Waals surface area contributed by atoms with Gasteiger partial charge in [-0.3, -0.25) is 9.80 Å². The fourth-order valence-corrected chi connectivity index (χ4v) is 6.43. The number of likely N-dealkylation sites (tertiary alicyclic amines) is 1. The number of carbonyl (C=O) groups excluding carboxylic acids is 1. The lowest BCUT2D eigenvalue weighted by Crippen LogP contribution is -2.54. The lowest BCUT2D eigenvalue weighted by Gasteiger charge is -2.45. The number of phenols is 1. The number of hydrogen-bond acceptors (Lipinski definition) is 6. The molecule has 0 aromatic heterocycles. The van der Waals surface area contributed by atoms with E-state index in [9.17, 15) is 9.90 Å². The summed E-state index contributed by atoms with van der Waals surface area (Å²) < 4.78 is 16.4. The van der Waals surface area contributed by atoms with Crippen molar-refractivity contribution in [1.82, 2.24) is 14.7 Å². The molecule has 1 spiro atoms. The van der Waals surface area contributed by atoms with Crippen LogP contribution < -0.4 is 9.47 Å². The number of hydrogen-bond donors (Lipinski definition) is 1. The van der Waals surface area contributed by atoms with Crippen molar-refractivity contribution in [2.45, 2.75) is 50.7 Å². The Morgan fingerprint density at radius 3 is 2.29 bits per heavy atom. The van der Waals surface area contributed by atoms with Crippen LogP contribution in [0.15, 0.2) is 48.2 Å². The van der Waals surface area contributed by atoms with Gasteiger partial charge in [0.05, 0.1) is 32.9 Å². The number of allylic oxidation sites excluding steroid dienone is 1. The molecule has 3 aliphatic rings. The highest BCUT2D eigenvalue weighted by molar-refractivity contribution is 5.83. The molecule has 3 aliphatic heterocycles. The number of fused-ring (bicyclic) bond motifs is 3. The quantitative estimate of drug-likeness (QED) is 0.578. The Labute approximate surface area is 225 Å². The van der Waals surface area contributed by atoms with E-state index in [0.717, 1.165) is 66.4 Å². The maximum absolute atomic E-state index is 13.9. The van der Waals surface area contributed by atoms with Crippen molar-refractivity contribution in [1.29, 1.82) is 0 Å². The molecular weight excluding hydrogens is 482 g/mol. The summed E-state index contributed by atoms with van der Waals surface area (Å²) in [5, 5.41) is 10.2. The number of amides is 2. The Bertz CT molecular complexity index is 1210. The van der Waals surface area contributed by atoms with Crippen molar-refractivity contribution < 1.29 is 24.1 Å². The summed E-state index contributed by atoms with van der Waals surface area (Å²) in [6, 6.07) is 11.6. The third kappa shape index (κ3) is 4.60. The first-order valence-electron chi connectivity index (χ1n) is 13.3. The van der Waals surface area contributed by atoms with Crippen LogP contribution in [-0.2, 0) is 23.2 Å². The number of urea groups is 1. The molecule has 204 valence electrons. The molecule has 2 saturated heterocycles. The molecule has 0 bridgehead atoms. The molecule has 2 fully saturated rings. The third-order valence-electron chi connectivity index (χ3n) is 8.37. The van der Waals surface area contributed by atoms with Crippen LogP contribution in [0, 0.1) is 0 Å². The van der Waals surface area contributed by atoms with Crippen LogP contribution in [0.25, 0.3) is 0 Å². The molecular formula is C30H39N3O5. The van der Waals surface area contributed by atoms with Gasteiger partial charge in [0, 0.05) is 50.5 Å². The molecule has 8 heteroatoms. The summed E-state index contributed by atoms with van der Waals surface area (Å²) in [4.78, 5) is 20.4. The smallest absolute Gasteiger partial charge is 0.325 e. The van der Waals surface area contributed by atoms with Crippen molar-refractivity contribution in [2.75, 3.05) is 47.6 Å². The summed E-state index contributed by atoms with van der Waals surface area (Å²) in [7, 11) is 5.02. The van der Waals surface area contributed by atoms with Gasteiger partial charge in [0.1, 0.15) is 17.2 Å². The maximum Gasteiger partial charge on any atom is 0.325 e. The second-order valence-corrected chi connectivity index (χ2v) is 11.1. The van der Waals surface area contributed by atoms with E-state index in [2.05, 4.69) is 37.0 Å². The molecule has 38 heavy (non-hydrogen) atoms. The largest absolute Gasteiger partial charge is 0.508 e. The molecule has 0 radical (unpaired) electrons. The summed E-state index contributed by atoms with van der Waals surface area (Å²) in [5.74, 6) is 1.79. The number of phenolic OH excluding ortho intramolecular Hbond substituents is 1. The topological polar surface area (TPSA) is 74.7 Å². The van der Waals surface area contributed by atoms with Crippen LogP contribution in [0.5, 0.6) is 17.2 Å². The van der Waals surface area contributed by atoms with Crippen LogP contribution in [-0.4, -0.2) is 78.9 Å². The SMILES string of the molecule is COCCN1C(=O)N2Cc3cc(O)ccc3C(C)(C)C=C2C12CCN(Cc1cc(OC)cc(OC)c1)CC2. The fraction of sp³-hybridized carbons (Fsp3) is 0.500. The van der Waals surface area contributed by atoms with E-state index in [0.29, 0.717) is 19.7 Å². The Kier molecular flexibility index (Phi) is 7.05. The average Bonchev–Trinajstić information content (AvgIpc) is 3.01. The second-order valence-electron chi connectivity index (χ2n) is 11.1. The van der Waals surface area contributed by atoms with Gasteiger partial charge in [-0.15, -0.1) is 0 Å². The van der Waals surface area contributed by atoms with Crippen LogP contribution in [0.2, 0.25) is 0 Å². The molecule has 5 rings (SSSR count). The van der Waals surface area contributed by atoms with E-state index in [1.165, 1.54) is 0 Å². The lowest BCUT2D eigenvalue weighted by atomic mass is 9.77. The normalized spacial score (nSPS) is 20.1. The number of piperidine rings is 1. The number of benzene rings is 2. The standard InChI is InChI=1S/C30H39N3O5/c1-29(2)18-27-30(8-10-31(11-9-30)19-21-14-24(37-4)17-25(15-21)38-5)33(12-13-36-3)28(35)32(27)20-22-16-23(34)6-7-26(22)29/h6-7,14-18,34H,8-13,19-20H2,1-5H3. The average molecular weight is 522 g/mol. The zero-order valence-corrected chi connectivity index (χ0v) is 23.1. The highest BCUT2D eigenvalue weighted by Crippen LogP contribution is 2.48. The monoisotopic (exact) mass is 521 g/mol. The number of aromatic hydroxyl groups is 1. The fourth-order valence-electron chi connectivity index (χ4n) is 6.43. The van der Waals surface area contributed by atoms with Gasteiger partial charge in [-0.1, -0.05) is 26.0 Å². The van der Waals surface area contributed by atoms with E-state index in [-0.39, 0.29) is 22.7 Å². The minimum atomic E-state index is -0.389. The van der Waals surface area contributed by atoms with Gasteiger partial charge in [-0.2, -0.15) is 0 Å². The van der Waals surface area contributed by atoms with E-state index in [1.807, 2.05) is 21.9 Å². The van der Waals surface area contributed by atoms with Crippen molar-refractivity contribution in [3.8, 4) is 17.2 Å². The van der Waals surface area contributed by atoms with Crippen LogP contribution in [0.3, 0.4) is 0 Å². The van der Waals surface area contributed by atoms with Gasteiger partial charge < -0.3 is 24.2 Å². The van der Waals surface area contributed by atoms with Gasteiger partial charge in [0.25, 0.3) is 0 Å². The lowest BCUT2D eigenvalue weighted by molar-refractivity contribution is 0.0667. The Balaban J connectivity index is 1.45. The molecule has 0 aliphatic carbocycles. The molecule has 2 aromatic carbocycles. The van der Waals surface area contributed by atoms with E-state index < -0.39 is 0 Å². The number of methoxy groups -OCH3 is 3. The van der Waals surface area contributed by atoms with Crippen molar-refractivity contribution in [3.05, 3.63) is 64.9 Å². The first-order chi connectivity index (χ1) is 18.2. The Hall–Kier alpha value is -3.23. The number of nitrogens with zero attached hydrogens (tertiary/aromatic N) is 3. The van der Waals surface area contributed by atoms with Gasteiger partial charge in [0.2, 0.25) is 0 Å². The third-order valence-corrected chi connectivity index (χ3v) is 8.37. The number of ether oxygens (including phenoxy) is 3. The van der Waals surface area contributed by atoms with Gasteiger partial charge in [-0.25, -0.2) is 4.79 Å². The maximum atomic E-state index is 13.9. The predicted octanol–water partition coefficient (Wildman–Crippen LogP) is 4.50. The Morgan fingerprint density at radius 1 is 0.974 bits per heavy atom. The van der Waals surface area contributed by atoms with E-state index in [4.69, 9.17) is 14.2 Å². The van der Waals surface area contributed by atoms with Crippen molar-refractivity contribution in [2.24, 2.45) is 0 Å². The van der Waals surface area contributed by atoms with E-state index >= 15 is 0 Å².